The molecule has 1 aromatic heterocycles. The fourth-order valence-corrected chi connectivity index (χ4v) is 3.77. The largest absolute Gasteiger partial charge is 0.487 e. The minimum absolute atomic E-state index is 0.140. The van der Waals surface area contributed by atoms with Gasteiger partial charge in [0, 0.05) is 16.6 Å². The molecule has 2 aromatic carbocycles. The fraction of sp³-hybridized carbons (Fsp3) is 0.200. The predicted octanol–water partition coefficient (Wildman–Crippen LogP) is 5.59. The van der Waals surface area contributed by atoms with Crippen molar-refractivity contribution in [3.05, 3.63) is 79.5 Å². The summed E-state index contributed by atoms with van der Waals surface area (Å²) in [6, 6.07) is 12.8. The topological polar surface area (TPSA) is 56.2 Å². The molecule has 0 spiro atoms. The van der Waals surface area contributed by atoms with Crippen molar-refractivity contribution in [2.45, 2.75) is 26.6 Å². The van der Waals surface area contributed by atoms with E-state index in [1.165, 1.54) is 0 Å². The van der Waals surface area contributed by atoms with E-state index in [1.54, 1.807) is 24.4 Å². The number of hydrogen-bond donors (Lipinski definition) is 1. The summed E-state index contributed by atoms with van der Waals surface area (Å²) in [5.74, 6) is 0.476. The van der Waals surface area contributed by atoms with Crippen molar-refractivity contribution in [2.24, 2.45) is 0 Å². The SMILES string of the molecule is CCn1ncc(Br)c1CNC(=O)c1ccc(COc2ccc(Br)cc2Cl)cc1. The first-order chi connectivity index (χ1) is 13.5. The van der Waals surface area contributed by atoms with Crippen LogP contribution < -0.4 is 10.1 Å². The van der Waals surface area contributed by atoms with Gasteiger partial charge < -0.3 is 10.1 Å². The number of amides is 1. The van der Waals surface area contributed by atoms with Crippen LogP contribution in [0.1, 0.15) is 28.5 Å². The van der Waals surface area contributed by atoms with Crippen molar-refractivity contribution in [3.8, 4) is 5.75 Å². The molecule has 5 nitrogen and oxygen atoms in total. The van der Waals surface area contributed by atoms with Crippen LogP contribution >= 0.6 is 43.5 Å². The van der Waals surface area contributed by atoms with Gasteiger partial charge in [0.05, 0.1) is 27.9 Å². The number of ether oxygens (including phenoxy) is 1. The van der Waals surface area contributed by atoms with Crippen LogP contribution in [0.25, 0.3) is 0 Å². The van der Waals surface area contributed by atoms with Gasteiger partial charge in [-0.1, -0.05) is 39.7 Å². The third-order valence-corrected chi connectivity index (χ3v) is 5.57. The minimum atomic E-state index is -0.140. The van der Waals surface area contributed by atoms with Crippen LogP contribution in [0.4, 0.5) is 0 Å². The summed E-state index contributed by atoms with van der Waals surface area (Å²) >= 11 is 13.0. The number of aromatic nitrogens is 2. The van der Waals surface area contributed by atoms with E-state index >= 15 is 0 Å². The van der Waals surface area contributed by atoms with E-state index in [-0.39, 0.29) is 5.91 Å². The van der Waals surface area contributed by atoms with Gasteiger partial charge >= 0.3 is 0 Å². The van der Waals surface area contributed by atoms with Crippen molar-refractivity contribution in [2.75, 3.05) is 0 Å². The summed E-state index contributed by atoms with van der Waals surface area (Å²) in [4.78, 5) is 12.4. The summed E-state index contributed by atoms with van der Waals surface area (Å²) in [6.07, 6.45) is 1.73. The number of benzene rings is 2. The number of rotatable bonds is 7. The van der Waals surface area contributed by atoms with E-state index in [0.29, 0.717) is 29.5 Å². The van der Waals surface area contributed by atoms with E-state index in [1.807, 2.05) is 35.9 Å². The Morgan fingerprint density at radius 2 is 1.96 bits per heavy atom. The molecule has 0 aliphatic heterocycles. The second-order valence-corrected chi connectivity index (χ2v) is 8.18. The van der Waals surface area contributed by atoms with Crippen molar-refractivity contribution in [1.29, 1.82) is 0 Å². The van der Waals surface area contributed by atoms with Crippen molar-refractivity contribution in [3.63, 3.8) is 0 Å². The van der Waals surface area contributed by atoms with Gasteiger partial charge in [-0.2, -0.15) is 5.10 Å². The Bertz CT molecular complexity index is 974. The highest BCUT2D eigenvalue weighted by Crippen LogP contribution is 2.28. The molecule has 3 rings (SSSR count). The fourth-order valence-electron chi connectivity index (χ4n) is 2.61. The molecule has 146 valence electrons. The molecule has 0 atom stereocenters. The molecule has 0 unspecified atom stereocenters. The van der Waals surface area contributed by atoms with Crippen LogP contribution in [0.15, 0.2) is 57.6 Å². The Morgan fingerprint density at radius 1 is 1.21 bits per heavy atom. The summed E-state index contributed by atoms with van der Waals surface area (Å²) in [6.45, 7) is 3.52. The molecule has 3 aromatic rings. The molecule has 28 heavy (non-hydrogen) atoms. The van der Waals surface area contributed by atoms with Crippen LogP contribution in [0.3, 0.4) is 0 Å². The Kier molecular flexibility index (Phi) is 7.15. The average Bonchev–Trinajstić information content (AvgIpc) is 3.05. The number of carbonyl (C=O) groups excluding carboxylic acids is 1. The predicted molar refractivity (Wildman–Crippen MR) is 117 cm³/mol. The highest BCUT2D eigenvalue weighted by molar-refractivity contribution is 9.10. The summed E-state index contributed by atoms with van der Waals surface area (Å²) in [5, 5.41) is 7.71. The van der Waals surface area contributed by atoms with Gasteiger partial charge in [-0.05, 0) is 58.7 Å². The monoisotopic (exact) mass is 525 g/mol. The molecule has 0 aliphatic carbocycles. The van der Waals surface area contributed by atoms with Gasteiger partial charge in [-0.15, -0.1) is 0 Å². The Balaban J connectivity index is 1.57. The molecule has 1 heterocycles. The molecule has 0 fully saturated rings. The molecule has 1 N–H and O–H groups in total. The smallest absolute Gasteiger partial charge is 0.251 e. The van der Waals surface area contributed by atoms with Crippen molar-refractivity contribution in [1.82, 2.24) is 15.1 Å². The van der Waals surface area contributed by atoms with Crippen molar-refractivity contribution < 1.29 is 9.53 Å². The van der Waals surface area contributed by atoms with E-state index in [9.17, 15) is 4.79 Å². The first-order valence-electron chi connectivity index (χ1n) is 8.63. The van der Waals surface area contributed by atoms with Gasteiger partial charge in [0.2, 0.25) is 0 Å². The number of nitrogens with one attached hydrogen (secondary N) is 1. The number of carbonyl (C=O) groups is 1. The van der Waals surface area contributed by atoms with Crippen LogP contribution in [0.5, 0.6) is 5.75 Å². The van der Waals surface area contributed by atoms with E-state index in [4.69, 9.17) is 16.3 Å². The summed E-state index contributed by atoms with van der Waals surface area (Å²) < 4.78 is 9.37. The number of halogens is 3. The Morgan fingerprint density at radius 3 is 2.64 bits per heavy atom. The molecule has 0 saturated carbocycles. The number of hydrogen-bond acceptors (Lipinski definition) is 3. The van der Waals surface area contributed by atoms with Crippen LogP contribution in [-0.4, -0.2) is 15.7 Å². The molecule has 1 amide bonds. The van der Waals surface area contributed by atoms with Gasteiger partial charge in [0.15, 0.2) is 0 Å². The molecule has 8 heteroatoms. The van der Waals surface area contributed by atoms with Crippen LogP contribution in [0, 0.1) is 0 Å². The molecule has 0 saturated heterocycles. The molecular formula is C20H18Br2ClN3O2. The highest BCUT2D eigenvalue weighted by atomic mass is 79.9. The van der Waals surface area contributed by atoms with E-state index in [2.05, 4.69) is 42.3 Å². The summed E-state index contributed by atoms with van der Waals surface area (Å²) in [5.41, 5.74) is 2.47. The van der Waals surface area contributed by atoms with Crippen LogP contribution in [0.2, 0.25) is 5.02 Å². The maximum Gasteiger partial charge on any atom is 0.251 e. The zero-order valence-corrected chi connectivity index (χ0v) is 19.0. The van der Waals surface area contributed by atoms with E-state index in [0.717, 1.165) is 26.7 Å². The zero-order chi connectivity index (χ0) is 20.1. The van der Waals surface area contributed by atoms with Gasteiger partial charge in [0.1, 0.15) is 12.4 Å². The lowest BCUT2D eigenvalue weighted by Gasteiger charge is -2.10. The first kappa shape index (κ1) is 20.9. The first-order valence-corrected chi connectivity index (χ1v) is 10.6. The minimum Gasteiger partial charge on any atom is -0.487 e. The standard InChI is InChI=1S/C20H18Br2ClN3O2/c1-2-26-18(16(22)10-25-26)11-24-20(27)14-5-3-13(4-6-14)12-28-19-8-7-15(21)9-17(19)23/h3-10H,2,11-12H2,1H3,(H,24,27). The third-order valence-electron chi connectivity index (χ3n) is 4.12. The summed E-state index contributed by atoms with van der Waals surface area (Å²) in [7, 11) is 0. The third kappa shape index (κ3) is 5.16. The maximum atomic E-state index is 12.4. The molecule has 0 bridgehead atoms. The highest BCUT2D eigenvalue weighted by Gasteiger charge is 2.11. The molecule has 0 radical (unpaired) electrons. The van der Waals surface area contributed by atoms with Gasteiger partial charge in [0.25, 0.3) is 5.91 Å². The lowest BCUT2D eigenvalue weighted by Crippen LogP contribution is -2.24. The van der Waals surface area contributed by atoms with Gasteiger partial charge in [-0.25, -0.2) is 0 Å². The lowest BCUT2D eigenvalue weighted by atomic mass is 10.1. The quantitative estimate of drug-likeness (QED) is 0.436. The van der Waals surface area contributed by atoms with Gasteiger partial charge in [-0.3, -0.25) is 9.48 Å². The second kappa shape index (κ2) is 9.58. The number of aryl methyl sites for hydroxylation is 1. The average molecular weight is 528 g/mol. The normalized spacial score (nSPS) is 10.7. The van der Waals surface area contributed by atoms with Crippen molar-refractivity contribution >= 4 is 49.4 Å². The maximum absolute atomic E-state index is 12.4. The number of nitrogens with zero attached hydrogens (tertiary/aromatic N) is 2. The Hall–Kier alpha value is -1.83. The second-order valence-electron chi connectivity index (χ2n) is 6.00. The van der Waals surface area contributed by atoms with Crippen LogP contribution in [-0.2, 0) is 19.7 Å². The molecular weight excluding hydrogens is 510 g/mol. The van der Waals surface area contributed by atoms with E-state index < -0.39 is 0 Å². The molecule has 0 aliphatic rings. The Labute approximate surface area is 185 Å². The zero-order valence-electron chi connectivity index (χ0n) is 15.1. The lowest BCUT2D eigenvalue weighted by molar-refractivity contribution is 0.0949.